The average Bonchev–Trinajstić information content (AvgIpc) is 1.51. The second-order valence-electron chi connectivity index (χ2n) is 23.4. The minimum absolute atomic E-state index is 0.0215. The Morgan fingerprint density at radius 3 is 1.80 bits per heavy atom. The number of aliphatic hydroxyl groups is 1. The average molecular weight is 1260 g/mol. The summed E-state index contributed by atoms with van der Waals surface area (Å²) >= 11 is 0. The van der Waals surface area contributed by atoms with E-state index in [4.69, 9.17) is 19.2 Å². The van der Waals surface area contributed by atoms with E-state index in [1.807, 2.05) is 79.7 Å². The van der Waals surface area contributed by atoms with Crippen molar-refractivity contribution >= 4 is 39.9 Å². The van der Waals surface area contributed by atoms with Crippen LogP contribution >= 0.6 is 0 Å². The predicted molar refractivity (Wildman–Crippen MR) is 350 cm³/mol. The van der Waals surface area contributed by atoms with Crippen LogP contribution in [0.25, 0.3) is 22.3 Å². The number of anilines is 1. The lowest BCUT2D eigenvalue weighted by atomic mass is 9.86. The first-order chi connectivity index (χ1) is 45.7. The number of hydrogen-bond acceptors (Lipinski definition) is 19. The van der Waals surface area contributed by atoms with Gasteiger partial charge in [-0.2, -0.15) is 0 Å². The van der Waals surface area contributed by atoms with Crippen LogP contribution in [0.1, 0.15) is 105 Å². The van der Waals surface area contributed by atoms with Crippen LogP contribution in [-0.2, 0) is 80.5 Å². The summed E-state index contributed by atoms with van der Waals surface area (Å²) in [6.07, 6.45) is 8.78. The van der Waals surface area contributed by atoms with Gasteiger partial charge >= 0.3 is 11.9 Å². The quantitative estimate of drug-likeness (QED) is 0.0165. The summed E-state index contributed by atoms with van der Waals surface area (Å²) in [5.74, 6) is -0.509. The Hall–Kier alpha value is -10.9. The van der Waals surface area contributed by atoms with Crippen molar-refractivity contribution < 1.29 is 38.8 Å². The molecule has 22 nitrogen and oxygen atoms in total. The summed E-state index contributed by atoms with van der Waals surface area (Å²) in [7, 11) is 0. The summed E-state index contributed by atoms with van der Waals surface area (Å²) in [5.41, 5.74) is 7.47. The number of hydrogen-bond donors (Lipinski definition) is 1. The second kappa shape index (κ2) is 28.3. The van der Waals surface area contributed by atoms with Crippen LogP contribution in [0.5, 0.6) is 11.5 Å². The molecule has 2 aliphatic heterocycles. The van der Waals surface area contributed by atoms with Gasteiger partial charge in [-0.3, -0.25) is 54.8 Å². The van der Waals surface area contributed by atoms with Crippen LogP contribution in [0, 0.1) is 20.2 Å². The number of nitrogens with zero attached hydrogens (tertiary/aromatic N) is 11. The van der Waals surface area contributed by atoms with E-state index >= 15 is 0 Å². The van der Waals surface area contributed by atoms with E-state index in [1.165, 1.54) is 12.1 Å². The van der Waals surface area contributed by atoms with E-state index < -0.39 is 38.8 Å². The minimum atomic E-state index is -1.96. The molecule has 1 atom stereocenters. The number of non-ortho nitro benzene ring substituents is 1. The van der Waals surface area contributed by atoms with E-state index in [0.29, 0.717) is 99.9 Å². The number of carbonyl (C=O) groups is 2. The van der Waals surface area contributed by atoms with E-state index in [1.54, 1.807) is 89.7 Å². The van der Waals surface area contributed by atoms with Crippen LogP contribution in [0.3, 0.4) is 0 Å². The molecule has 0 saturated carbocycles. The zero-order chi connectivity index (χ0) is 65.3. The molecule has 0 aliphatic carbocycles. The molecule has 0 amide bonds. The highest BCUT2D eigenvalue weighted by Crippen LogP contribution is 2.41. The van der Waals surface area contributed by atoms with Crippen LogP contribution in [-0.4, -0.2) is 79.3 Å². The lowest BCUT2D eigenvalue weighted by molar-refractivity contribution is -0.393. The molecule has 0 saturated heterocycles. The number of carbonyl (C=O) groups excluding carboxylic acids is 2. The van der Waals surface area contributed by atoms with Gasteiger partial charge in [-0.05, 0) is 151 Å². The van der Waals surface area contributed by atoms with Crippen molar-refractivity contribution in [3.8, 4) is 22.9 Å². The molecule has 0 unspecified atom stereocenters. The number of fused-ring (bicyclic) bond motifs is 5. The Morgan fingerprint density at radius 2 is 1.26 bits per heavy atom. The molecule has 6 aromatic heterocycles. The van der Waals surface area contributed by atoms with Gasteiger partial charge in [-0.1, -0.05) is 56.3 Å². The number of unbranched alkanes of at least 4 members (excludes halogenated alkanes) is 1. The summed E-state index contributed by atoms with van der Waals surface area (Å²) < 4.78 is 19.4. The Kier molecular flexibility index (Phi) is 19.0. The lowest BCUT2D eigenvalue weighted by Gasteiger charge is -2.31. The van der Waals surface area contributed by atoms with E-state index in [9.17, 15) is 39.7 Å². The minimum Gasteiger partial charge on any atom is -0.494 e. The zero-order valence-corrected chi connectivity index (χ0v) is 51.9. The van der Waals surface area contributed by atoms with Gasteiger partial charge in [0.15, 0.2) is 5.60 Å². The summed E-state index contributed by atoms with van der Waals surface area (Å²) in [5, 5.41) is 36.6. The lowest BCUT2D eigenvalue weighted by Crippen LogP contribution is -2.44. The number of pyridine rings is 6. The van der Waals surface area contributed by atoms with Crippen molar-refractivity contribution in [1.82, 2.24) is 39.3 Å². The Labute approximate surface area is 541 Å². The normalized spacial score (nSPS) is 13.9. The summed E-state index contributed by atoms with van der Waals surface area (Å²) in [4.78, 5) is 93.7. The standard InChI is InChI=1S/C72H67N11O11/c1-3-59-60-37-57(24-25-64(60)77-68-61(59)46-81-67(68)38-63-62(69(81)84)47-93-71(86)72(63,87)4-2)94-70(85)51-21-19-48(20-22-51)41-80(65-26-23-56(82(88)89)36-66(65)83(90)91)31-13-14-32-92-58-34-49(39-78(42-52-15-5-9-27-73-52)43-53-16-6-10-28-74-53)33-50(35-58)40-79(44-54-17-7-11-29-75-54)45-55-18-8-12-30-76-55/h5-12,15-30,33-38,87H,3-4,13-14,31-32,39-47H2,1-2H3/t72-/m0/s1. The van der Waals surface area contributed by atoms with Gasteiger partial charge in [0.25, 0.3) is 16.9 Å². The number of aryl methyl sites for hydroxylation is 1. The Balaban J connectivity index is 0.760. The zero-order valence-electron chi connectivity index (χ0n) is 51.9. The van der Waals surface area contributed by atoms with Crippen LogP contribution in [0.2, 0.25) is 0 Å². The third-order valence-corrected chi connectivity index (χ3v) is 17.0. The maximum atomic E-state index is 13.9. The van der Waals surface area contributed by atoms with Crippen molar-refractivity contribution in [3.05, 3.63) is 280 Å². The fourth-order valence-electron chi connectivity index (χ4n) is 12.4. The topological polar surface area (TPSA) is 265 Å². The number of rotatable bonds is 27. The van der Waals surface area contributed by atoms with Gasteiger partial charge in [-0.15, -0.1) is 0 Å². The van der Waals surface area contributed by atoms with Gasteiger partial charge in [-0.25, -0.2) is 14.6 Å². The van der Waals surface area contributed by atoms with Crippen molar-refractivity contribution in [1.29, 1.82) is 0 Å². The molecule has 2 aliphatic rings. The number of nitro groups is 2. The fourth-order valence-corrected chi connectivity index (χ4v) is 12.4. The first-order valence-corrected chi connectivity index (χ1v) is 31.1. The van der Waals surface area contributed by atoms with Gasteiger partial charge < -0.3 is 28.8 Å². The third-order valence-electron chi connectivity index (χ3n) is 17.0. The first kappa shape index (κ1) is 63.2. The molecule has 476 valence electrons. The monoisotopic (exact) mass is 1260 g/mol. The van der Waals surface area contributed by atoms with Gasteiger partial charge in [0.05, 0.1) is 79.9 Å². The summed E-state index contributed by atoms with van der Waals surface area (Å²) in [6, 6.07) is 47.0. The third kappa shape index (κ3) is 14.2. The molecule has 22 heteroatoms. The fraction of sp³-hybridized carbons (Fsp3) is 0.250. The SMILES string of the molecule is CCc1c2c(nc3ccc(OC(=O)c4ccc(CN(CCCCOc5cc(CN(Cc6ccccn6)Cc6ccccn6)cc(CN(Cc6ccccn6)Cc6ccccn6)c5)c5ccc([N+](=O)[O-])cc5[N+](=O)[O-])cc4)cc13)-c1cc3c(c(=O)n1C2)COC(=O)[C@]3(O)CC. The number of benzene rings is 4. The van der Waals surface area contributed by atoms with Crippen molar-refractivity contribution in [3.63, 3.8) is 0 Å². The second-order valence-corrected chi connectivity index (χ2v) is 23.4. The molecule has 0 fully saturated rings. The maximum Gasteiger partial charge on any atom is 0.343 e. The number of esters is 2. The van der Waals surface area contributed by atoms with Crippen LogP contribution in [0.4, 0.5) is 17.1 Å². The summed E-state index contributed by atoms with van der Waals surface area (Å²) in [6.45, 7) is 7.73. The Morgan fingerprint density at radius 1 is 0.649 bits per heavy atom. The number of ether oxygens (including phenoxy) is 3. The smallest absolute Gasteiger partial charge is 0.343 e. The first-order valence-electron chi connectivity index (χ1n) is 31.1. The van der Waals surface area contributed by atoms with Gasteiger partial charge in [0.2, 0.25) is 0 Å². The van der Waals surface area contributed by atoms with Crippen molar-refractivity contribution in [2.24, 2.45) is 0 Å². The van der Waals surface area contributed by atoms with E-state index in [0.717, 1.165) is 56.5 Å². The highest BCUT2D eigenvalue weighted by atomic mass is 16.6. The van der Waals surface area contributed by atoms with Gasteiger partial charge in [0.1, 0.15) is 23.8 Å². The molecular formula is C72H67N11O11. The largest absolute Gasteiger partial charge is 0.494 e. The van der Waals surface area contributed by atoms with E-state index in [2.05, 4.69) is 47.9 Å². The van der Waals surface area contributed by atoms with Crippen LogP contribution in [0.15, 0.2) is 187 Å². The highest BCUT2D eigenvalue weighted by Gasteiger charge is 2.45. The molecule has 0 radical (unpaired) electrons. The maximum absolute atomic E-state index is 13.9. The molecule has 94 heavy (non-hydrogen) atoms. The number of cyclic esters (lactones) is 1. The van der Waals surface area contributed by atoms with Crippen LogP contribution < -0.4 is 19.9 Å². The molecule has 4 aromatic carbocycles. The molecule has 1 N–H and O–H groups in total. The molecule has 12 rings (SSSR count). The van der Waals surface area contributed by atoms with Gasteiger partial charge in [0, 0.05) is 99.7 Å². The Bertz CT molecular complexity index is 4300. The molecule has 0 bridgehead atoms. The predicted octanol–water partition coefficient (Wildman–Crippen LogP) is 11.5. The molecule has 0 spiro atoms. The number of nitro benzene ring substituents is 2. The number of aromatic nitrogens is 6. The van der Waals surface area contributed by atoms with Crippen molar-refractivity contribution in [2.45, 2.75) is 104 Å². The van der Waals surface area contributed by atoms with Crippen molar-refractivity contribution in [2.75, 3.05) is 18.1 Å². The molecular weight excluding hydrogens is 1190 g/mol. The highest BCUT2D eigenvalue weighted by molar-refractivity contribution is 5.93. The van der Waals surface area contributed by atoms with E-state index in [-0.39, 0.29) is 59.8 Å². The molecule has 8 heterocycles. The molecule has 10 aromatic rings.